The minimum absolute atomic E-state index is 0.188. The Balaban J connectivity index is 1.32. The van der Waals surface area contributed by atoms with Crippen molar-refractivity contribution in [2.24, 2.45) is 5.41 Å². The predicted octanol–water partition coefficient (Wildman–Crippen LogP) is 3.78. The molecule has 1 spiro atoms. The van der Waals surface area contributed by atoms with Gasteiger partial charge < -0.3 is 4.52 Å². The zero-order valence-corrected chi connectivity index (χ0v) is 13.5. The Labute approximate surface area is 142 Å². The van der Waals surface area contributed by atoms with E-state index in [0.29, 0.717) is 35.2 Å². The molecule has 0 unspecified atom stereocenters. The molecule has 2 saturated carbocycles. The molecule has 1 aromatic carbocycles. The topological polar surface area (TPSA) is 56.7 Å². The van der Waals surface area contributed by atoms with Gasteiger partial charge in [0.1, 0.15) is 5.69 Å². The molecule has 7 heteroatoms. The van der Waals surface area contributed by atoms with Crippen molar-refractivity contribution in [3.05, 3.63) is 59.5 Å². The van der Waals surface area contributed by atoms with Crippen LogP contribution in [0.2, 0.25) is 0 Å². The summed E-state index contributed by atoms with van der Waals surface area (Å²) in [5, 5.41) is 8.25. The molecule has 2 aliphatic rings. The summed E-state index contributed by atoms with van der Waals surface area (Å²) in [6, 6.07) is 5.43. The molecule has 0 amide bonds. The van der Waals surface area contributed by atoms with Crippen LogP contribution in [-0.2, 0) is 6.42 Å². The second kappa shape index (κ2) is 5.21. The van der Waals surface area contributed by atoms with Crippen molar-refractivity contribution < 1.29 is 13.3 Å². The molecule has 0 radical (unpaired) electrons. The summed E-state index contributed by atoms with van der Waals surface area (Å²) in [5.74, 6) is 0.317. The Morgan fingerprint density at radius 1 is 1.16 bits per heavy atom. The first-order valence-corrected chi connectivity index (χ1v) is 8.43. The highest BCUT2D eigenvalue weighted by Gasteiger charge is 2.54. The minimum Gasteiger partial charge on any atom is -0.339 e. The summed E-state index contributed by atoms with van der Waals surface area (Å²) in [6.07, 6.45) is 6.85. The summed E-state index contributed by atoms with van der Waals surface area (Å²) < 4.78 is 34.2. The number of rotatable bonds is 4. The van der Waals surface area contributed by atoms with Gasteiger partial charge in [-0.2, -0.15) is 10.1 Å². The fourth-order valence-corrected chi connectivity index (χ4v) is 3.70. The predicted molar refractivity (Wildman–Crippen MR) is 84.2 cm³/mol. The van der Waals surface area contributed by atoms with Crippen molar-refractivity contribution in [2.75, 3.05) is 0 Å². The van der Waals surface area contributed by atoms with Gasteiger partial charge in [-0.1, -0.05) is 11.2 Å². The Morgan fingerprint density at radius 2 is 1.92 bits per heavy atom. The van der Waals surface area contributed by atoms with Crippen LogP contribution < -0.4 is 0 Å². The molecule has 2 heterocycles. The van der Waals surface area contributed by atoms with Crippen LogP contribution in [0.15, 0.2) is 35.0 Å². The van der Waals surface area contributed by atoms with E-state index in [0.717, 1.165) is 12.8 Å². The summed E-state index contributed by atoms with van der Waals surface area (Å²) >= 11 is 0. The highest BCUT2D eigenvalue weighted by atomic mass is 19.1. The highest BCUT2D eigenvalue weighted by Crippen LogP contribution is 2.65. The molecule has 3 aromatic rings. The number of hydrogen-bond acceptors (Lipinski definition) is 4. The van der Waals surface area contributed by atoms with E-state index in [4.69, 9.17) is 4.52 Å². The van der Waals surface area contributed by atoms with Gasteiger partial charge in [-0.05, 0) is 49.3 Å². The Hall–Kier alpha value is -2.57. The molecule has 0 atom stereocenters. The maximum absolute atomic E-state index is 13.8. The molecule has 2 fully saturated rings. The zero-order valence-electron chi connectivity index (χ0n) is 13.5. The van der Waals surface area contributed by atoms with Crippen LogP contribution in [-0.4, -0.2) is 19.9 Å². The van der Waals surface area contributed by atoms with Gasteiger partial charge in [0.2, 0.25) is 5.89 Å². The largest absolute Gasteiger partial charge is 0.339 e. The highest BCUT2D eigenvalue weighted by molar-refractivity contribution is 5.34. The monoisotopic (exact) mass is 342 g/mol. The number of para-hydroxylation sites is 1. The van der Waals surface area contributed by atoms with Crippen molar-refractivity contribution in [3.63, 3.8) is 0 Å². The summed E-state index contributed by atoms with van der Waals surface area (Å²) in [6.45, 7) is 0. The second-order valence-electron chi connectivity index (χ2n) is 7.15. The molecule has 5 rings (SSSR count). The first-order valence-electron chi connectivity index (χ1n) is 8.43. The number of nitrogens with zero attached hydrogens (tertiary/aromatic N) is 4. The third-order valence-corrected chi connectivity index (χ3v) is 5.30. The molecule has 0 N–H and O–H groups in total. The van der Waals surface area contributed by atoms with Gasteiger partial charge in [0.25, 0.3) is 0 Å². The molecule has 0 aliphatic heterocycles. The van der Waals surface area contributed by atoms with Crippen LogP contribution in [0.25, 0.3) is 5.69 Å². The first kappa shape index (κ1) is 14.7. The Morgan fingerprint density at radius 3 is 2.64 bits per heavy atom. The van der Waals surface area contributed by atoms with E-state index in [-0.39, 0.29) is 5.69 Å². The first-order chi connectivity index (χ1) is 12.1. The molecular formula is C18H16F2N4O. The van der Waals surface area contributed by atoms with Crippen molar-refractivity contribution in [1.82, 2.24) is 19.9 Å². The fraction of sp³-hybridized carbons (Fsp3) is 0.389. The van der Waals surface area contributed by atoms with Crippen LogP contribution in [0.4, 0.5) is 8.78 Å². The van der Waals surface area contributed by atoms with E-state index in [1.54, 1.807) is 6.07 Å². The molecule has 2 aliphatic carbocycles. The van der Waals surface area contributed by atoms with Crippen LogP contribution in [0.5, 0.6) is 0 Å². The van der Waals surface area contributed by atoms with Crippen LogP contribution in [0.1, 0.15) is 49.0 Å². The summed E-state index contributed by atoms with van der Waals surface area (Å²) in [4.78, 5) is 4.46. The minimum atomic E-state index is -0.657. The number of aromatic nitrogens is 4. The lowest BCUT2D eigenvalue weighted by molar-refractivity contribution is 0.191. The van der Waals surface area contributed by atoms with E-state index in [1.165, 1.54) is 41.9 Å². The van der Waals surface area contributed by atoms with Gasteiger partial charge in [0.15, 0.2) is 17.5 Å². The van der Waals surface area contributed by atoms with Crippen LogP contribution in [0.3, 0.4) is 0 Å². The molecule has 0 saturated heterocycles. The average Bonchev–Trinajstić information content (AvgIpc) is 3.02. The molecule has 0 bridgehead atoms. The van der Waals surface area contributed by atoms with E-state index in [2.05, 4.69) is 15.2 Å². The molecule has 25 heavy (non-hydrogen) atoms. The standard InChI is InChI=1S/C18H16F2N4O/c19-13-2-1-3-14(20)16(13)24-7-4-12(22-24)8-15-21-17(25-23-15)11-9-18(10-11)5-6-18/h1-4,7,11H,5-6,8-10H2. The van der Waals surface area contributed by atoms with E-state index < -0.39 is 11.6 Å². The smallest absolute Gasteiger partial charge is 0.229 e. The van der Waals surface area contributed by atoms with Gasteiger partial charge in [-0.25, -0.2) is 13.5 Å². The Kier molecular flexibility index (Phi) is 3.07. The van der Waals surface area contributed by atoms with Gasteiger partial charge in [0, 0.05) is 12.1 Å². The maximum atomic E-state index is 13.8. The third kappa shape index (κ3) is 2.54. The quantitative estimate of drug-likeness (QED) is 0.724. The number of halogens is 2. The average molecular weight is 342 g/mol. The van der Waals surface area contributed by atoms with Gasteiger partial charge in [-0.3, -0.25) is 0 Å². The van der Waals surface area contributed by atoms with Crippen LogP contribution >= 0.6 is 0 Å². The Bertz CT molecular complexity index is 916. The molecule has 128 valence electrons. The van der Waals surface area contributed by atoms with Crippen LogP contribution in [0, 0.1) is 17.0 Å². The number of hydrogen-bond donors (Lipinski definition) is 0. The van der Waals surface area contributed by atoms with Crippen molar-refractivity contribution in [3.8, 4) is 5.69 Å². The van der Waals surface area contributed by atoms with Gasteiger partial charge in [-0.15, -0.1) is 0 Å². The summed E-state index contributed by atoms with van der Waals surface area (Å²) in [7, 11) is 0. The maximum Gasteiger partial charge on any atom is 0.229 e. The normalized spacial score (nSPS) is 18.5. The second-order valence-corrected chi connectivity index (χ2v) is 7.15. The van der Waals surface area contributed by atoms with Gasteiger partial charge >= 0.3 is 0 Å². The lowest BCUT2D eigenvalue weighted by atomic mass is 9.72. The van der Waals surface area contributed by atoms with E-state index in [9.17, 15) is 8.78 Å². The van der Waals surface area contributed by atoms with Gasteiger partial charge in [0.05, 0.1) is 12.1 Å². The third-order valence-electron chi connectivity index (χ3n) is 5.30. The lowest BCUT2D eigenvalue weighted by Crippen LogP contribution is -2.23. The molecular weight excluding hydrogens is 326 g/mol. The SMILES string of the molecule is Fc1cccc(F)c1-n1ccc(Cc2noc(C3CC4(CC4)C3)n2)n1. The van der Waals surface area contributed by atoms with E-state index >= 15 is 0 Å². The summed E-state index contributed by atoms with van der Waals surface area (Å²) in [5.41, 5.74) is 1.02. The lowest BCUT2D eigenvalue weighted by Gasteiger charge is -2.32. The fourth-order valence-electron chi connectivity index (χ4n) is 3.70. The van der Waals surface area contributed by atoms with Crippen molar-refractivity contribution in [1.29, 1.82) is 0 Å². The van der Waals surface area contributed by atoms with Crippen molar-refractivity contribution >= 4 is 0 Å². The van der Waals surface area contributed by atoms with E-state index in [1.807, 2.05) is 0 Å². The molecule has 5 nitrogen and oxygen atoms in total. The zero-order chi connectivity index (χ0) is 17.0. The van der Waals surface area contributed by atoms with Crippen molar-refractivity contribution in [2.45, 2.75) is 38.0 Å². The number of benzene rings is 1. The molecule has 2 aromatic heterocycles.